The summed E-state index contributed by atoms with van der Waals surface area (Å²) in [7, 11) is 0. The van der Waals surface area contributed by atoms with Crippen LogP contribution >= 0.6 is 0 Å². The third-order valence-corrected chi connectivity index (χ3v) is 3.72. The van der Waals surface area contributed by atoms with Crippen LogP contribution in [-0.4, -0.2) is 4.57 Å². The Morgan fingerprint density at radius 1 is 1.23 bits per heavy atom. The minimum atomic E-state index is 0.764. The molecular weight excluding hydrogens is 158 g/mol. The van der Waals surface area contributed by atoms with E-state index in [1.165, 1.54) is 19.3 Å². The predicted octanol–water partition coefficient (Wildman–Crippen LogP) is 3.49. The van der Waals surface area contributed by atoms with Gasteiger partial charge in [0.2, 0.25) is 0 Å². The van der Waals surface area contributed by atoms with Gasteiger partial charge in [0.1, 0.15) is 0 Å². The van der Waals surface area contributed by atoms with Gasteiger partial charge in [-0.3, -0.25) is 0 Å². The van der Waals surface area contributed by atoms with Gasteiger partial charge < -0.3 is 4.57 Å². The van der Waals surface area contributed by atoms with Gasteiger partial charge in [-0.15, -0.1) is 0 Å². The zero-order valence-corrected chi connectivity index (χ0v) is 8.61. The highest BCUT2D eigenvalue weighted by molar-refractivity contribution is 4.96. The van der Waals surface area contributed by atoms with E-state index in [2.05, 4.69) is 42.9 Å². The molecule has 0 spiro atoms. The van der Waals surface area contributed by atoms with Gasteiger partial charge in [0, 0.05) is 18.4 Å². The molecule has 0 radical (unpaired) electrons. The van der Waals surface area contributed by atoms with Gasteiger partial charge in [-0.2, -0.15) is 0 Å². The lowest BCUT2D eigenvalue weighted by atomic mass is 9.93. The summed E-state index contributed by atoms with van der Waals surface area (Å²) in [5, 5.41) is 0. The van der Waals surface area contributed by atoms with Gasteiger partial charge >= 0.3 is 0 Å². The van der Waals surface area contributed by atoms with Gasteiger partial charge in [0.25, 0.3) is 0 Å². The van der Waals surface area contributed by atoms with E-state index in [0.717, 1.165) is 17.9 Å². The van der Waals surface area contributed by atoms with Crippen LogP contribution in [0.25, 0.3) is 0 Å². The van der Waals surface area contributed by atoms with Crippen molar-refractivity contribution in [1.82, 2.24) is 4.57 Å². The molecule has 1 heterocycles. The Bertz CT molecular complexity index is 250. The SMILES string of the molecule is CCC1CCC(n2cccc2)C1C. The van der Waals surface area contributed by atoms with Crippen LogP contribution in [0.5, 0.6) is 0 Å². The van der Waals surface area contributed by atoms with Crippen LogP contribution in [0, 0.1) is 11.8 Å². The molecule has 0 aromatic carbocycles. The quantitative estimate of drug-likeness (QED) is 0.651. The molecule has 0 saturated heterocycles. The van der Waals surface area contributed by atoms with E-state index in [1.54, 1.807) is 0 Å². The number of rotatable bonds is 2. The van der Waals surface area contributed by atoms with E-state index in [0.29, 0.717) is 0 Å². The Morgan fingerprint density at radius 3 is 2.46 bits per heavy atom. The minimum absolute atomic E-state index is 0.764. The molecule has 0 aliphatic heterocycles. The Hall–Kier alpha value is -0.720. The molecule has 13 heavy (non-hydrogen) atoms. The largest absolute Gasteiger partial charge is 0.351 e. The summed E-state index contributed by atoms with van der Waals surface area (Å²) < 4.78 is 2.39. The van der Waals surface area contributed by atoms with E-state index >= 15 is 0 Å². The summed E-state index contributed by atoms with van der Waals surface area (Å²) in [6, 6.07) is 5.03. The lowest BCUT2D eigenvalue weighted by molar-refractivity contribution is 0.330. The topological polar surface area (TPSA) is 4.93 Å². The van der Waals surface area contributed by atoms with E-state index in [4.69, 9.17) is 0 Å². The van der Waals surface area contributed by atoms with Crippen molar-refractivity contribution >= 4 is 0 Å². The second-order valence-corrected chi connectivity index (χ2v) is 4.30. The third kappa shape index (κ3) is 1.52. The summed E-state index contributed by atoms with van der Waals surface area (Å²) in [5.41, 5.74) is 0. The highest BCUT2D eigenvalue weighted by atomic mass is 15.0. The van der Waals surface area contributed by atoms with Crippen molar-refractivity contribution in [3.63, 3.8) is 0 Å². The molecule has 1 aliphatic rings. The molecule has 3 unspecified atom stereocenters. The highest BCUT2D eigenvalue weighted by Crippen LogP contribution is 2.41. The fraction of sp³-hybridized carbons (Fsp3) is 0.667. The number of aromatic nitrogens is 1. The van der Waals surface area contributed by atoms with Crippen LogP contribution in [0.4, 0.5) is 0 Å². The molecule has 3 atom stereocenters. The molecule has 1 fully saturated rings. The molecule has 1 aromatic heterocycles. The Labute approximate surface area is 80.8 Å². The first-order chi connectivity index (χ1) is 6.33. The highest BCUT2D eigenvalue weighted by Gasteiger charge is 2.31. The molecule has 0 N–H and O–H groups in total. The molecule has 1 nitrogen and oxygen atoms in total. The third-order valence-electron chi connectivity index (χ3n) is 3.72. The van der Waals surface area contributed by atoms with Crippen LogP contribution in [-0.2, 0) is 0 Å². The molecule has 1 aliphatic carbocycles. The zero-order valence-electron chi connectivity index (χ0n) is 8.61. The molecule has 0 amide bonds. The number of hydrogen-bond donors (Lipinski definition) is 0. The first-order valence-corrected chi connectivity index (χ1v) is 5.45. The van der Waals surface area contributed by atoms with Crippen molar-refractivity contribution in [3.05, 3.63) is 24.5 Å². The molecule has 1 saturated carbocycles. The van der Waals surface area contributed by atoms with Crippen LogP contribution in [0.3, 0.4) is 0 Å². The van der Waals surface area contributed by atoms with Crippen molar-refractivity contribution < 1.29 is 0 Å². The monoisotopic (exact) mass is 177 g/mol. The second-order valence-electron chi connectivity index (χ2n) is 4.30. The maximum absolute atomic E-state index is 2.41. The van der Waals surface area contributed by atoms with E-state index in [-0.39, 0.29) is 0 Å². The smallest absolute Gasteiger partial charge is 0.0358 e. The van der Waals surface area contributed by atoms with Crippen LogP contribution < -0.4 is 0 Å². The summed E-state index contributed by atoms with van der Waals surface area (Å²) in [5.74, 6) is 1.81. The van der Waals surface area contributed by atoms with Gasteiger partial charge in [-0.05, 0) is 36.8 Å². The summed E-state index contributed by atoms with van der Waals surface area (Å²) in [4.78, 5) is 0. The molecule has 1 aromatic rings. The Kier molecular flexibility index (Phi) is 2.43. The van der Waals surface area contributed by atoms with Crippen molar-refractivity contribution in [2.45, 2.75) is 39.2 Å². The molecule has 1 heteroatoms. The normalized spacial score (nSPS) is 33.8. The van der Waals surface area contributed by atoms with Gasteiger partial charge in [0.05, 0.1) is 0 Å². The van der Waals surface area contributed by atoms with Crippen molar-refractivity contribution in [3.8, 4) is 0 Å². The first-order valence-electron chi connectivity index (χ1n) is 5.45. The van der Waals surface area contributed by atoms with Crippen LogP contribution in [0.1, 0.15) is 39.2 Å². The minimum Gasteiger partial charge on any atom is -0.351 e. The Balaban J connectivity index is 2.11. The number of hydrogen-bond acceptors (Lipinski definition) is 0. The average molecular weight is 177 g/mol. The van der Waals surface area contributed by atoms with Crippen LogP contribution in [0.2, 0.25) is 0 Å². The zero-order chi connectivity index (χ0) is 9.26. The summed E-state index contributed by atoms with van der Waals surface area (Å²) in [6.07, 6.45) is 8.55. The predicted molar refractivity (Wildman–Crippen MR) is 55.6 cm³/mol. The second kappa shape index (κ2) is 3.57. The van der Waals surface area contributed by atoms with Crippen molar-refractivity contribution in [2.24, 2.45) is 11.8 Å². The molecule has 2 rings (SSSR count). The van der Waals surface area contributed by atoms with Crippen molar-refractivity contribution in [1.29, 1.82) is 0 Å². The number of nitrogens with zero attached hydrogens (tertiary/aromatic N) is 1. The Morgan fingerprint density at radius 2 is 1.92 bits per heavy atom. The van der Waals surface area contributed by atoms with Gasteiger partial charge in [-0.25, -0.2) is 0 Å². The molecule has 0 bridgehead atoms. The van der Waals surface area contributed by atoms with E-state index in [1.807, 2.05) is 0 Å². The molecular formula is C12H19N. The fourth-order valence-electron chi connectivity index (χ4n) is 2.79. The lowest BCUT2D eigenvalue weighted by Crippen LogP contribution is -2.13. The van der Waals surface area contributed by atoms with E-state index in [9.17, 15) is 0 Å². The molecule has 72 valence electrons. The van der Waals surface area contributed by atoms with E-state index < -0.39 is 0 Å². The lowest BCUT2D eigenvalue weighted by Gasteiger charge is -2.21. The van der Waals surface area contributed by atoms with Gasteiger partial charge in [-0.1, -0.05) is 20.3 Å². The van der Waals surface area contributed by atoms with Crippen LogP contribution in [0.15, 0.2) is 24.5 Å². The van der Waals surface area contributed by atoms with Crippen molar-refractivity contribution in [2.75, 3.05) is 0 Å². The standard InChI is InChI=1S/C12H19N/c1-3-11-6-7-12(10(11)2)13-8-4-5-9-13/h4-5,8-12H,3,6-7H2,1-2H3. The summed E-state index contributed by atoms with van der Waals surface area (Å²) in [6.45, 7) is 4.73. The summed E-state index contributed by atoms with van der Waals surface area (Å²) >= 11 is 0. The maximum atomic E-state index is 2.41. The first kappa shape index (κ1) is 8.86. The van der Waals surface area contributed by atoms with Gasteiger partial charge in [0.15, 0.2) is 0 Å². The average Bonchev–Trinajstić information content (AvgIpc) is 2.72. The fourth-order valence-corrected chi connectivity index (χ4v) is 2.79. The maximum Gasteiger partial charge on any atom is 0.0358 e.